The van der Waals surface area contributed by atoms with Gasteiger partial charge in [0.25, 0.3) is 11.9 Å². The van der Waals surface area contributed by atoms with Crippen LogP contribution in [0, 0.1) is 0 Å². The number of amides is 1. The van der Waals surface area contributed by atoms with Gasteiger partial charge in [-0.3, -0.25) is 10.0 Å². The molecule has 3 N–H and O–H groups in total. The summed E-state index contributed by atoms with van der Waals surface area (Å²) in [6.07, 6.45) is 0.596. The van der Waals surface area contributed by atoms with Crippen LogP contribution in [0.4, 0.5) is 6.01 Å². The maximum atomic E-state index is 13.2. The summed E-state index contributed by atoms with van der Waals surface area (Å²) in [4.78, 5) is 16.6. The molecule has 4 rings (SSSR count). The highest BCUT2D eigenvalue weighted by molar-refractivity contribution is 7.93. The Morgan fingerprint density at radius 2 is 1.85 bits per heavy atom. The van der Waals surface area contributed by atoms with E-state index in [0.717, 1.165) is 5.52 Å². The molecule has 0 spiro atoms. The molecule has 11 heteroatoms. The summed E-state index contributed by atoms with van der Waals surface area (Å²) >= 11 is 0. The van der Waals surface area contributed by atoms with Crippen LogP contribution in [0.3, 0.4) is 0 Å². The van der Waals surface area contributed by atoms with E-state index in [2.05, 4.69) is 10.3 Å². The molecule has 1 fully saturated rings. The smallest absolute Gasteiger partial charge is 0.295 e. The molecule has 3 aromatic rings. The van der Waals surface area contributed by atoms with Gasteiger partial charge < -0.3 is 19.2 Å². The summed E-state index contributed by atoms with van der Waals surface area (Å²) in [5.74, 6) is -0.444. The number of carbonyl (C=O) groups excluding carboxylic acids is 1. The zero-order chi connectivity index (χ0) is 23.3. The lowest BCUT2D eigenvalue weighted by atomic mass is 9.98. The summed E-state index contributed by atoms with van der Waals surface area (Å²) in [6.45, 7) is 1.21. The minimum absolute atomic E-state index is 0.0158. The van der Waals surface area contributed by atoms with Crippen molar-refractivity contribution in [1.29, 1.82) is 0 Å². The van der Waals surface area contributed by atoms with Gasteiger partial charge in [-0.2, -0.15) is 4.98 Å². The second-order valence-corrected chi connectivity index (χ2v) is 9.90. The van der Waals surface area contributed by atoms with E-state index < -0.39 is 20.5 Å². The van der Waals surface area contributed by atoms with Crippen LogP contribution in [0.2, 0.25) is 0 Å². The number of benzene rings is 2. The Morgan fingerprint density at radius 1 is 1.12 bits per heavy atom. The number of rotatable bonds is 9. The first-order valence-corrected chi connectivity index (χ1v) is 12.0. The molecular weight excluding hydrogens is 450 g/mol. The molecule has 0 unspecified atom stereocenters. The third kappa shape index (κ3) is 4.65. The van der Waals surface area contributed by atoms with Crippen LogP contribution in [0.1, 0.15) is 19.3 Å². The largest absolute Gasteiger partial charge is 0.494 e. The summed E-state index contributed by atoms with van der Waals surface area (Å²) in [6, 6.07) is 13.8. The van der Waals surface area contributed by atoms with Crippen molar-refractivity contribution in [2.75, 3.05) is 31.7 Å². The van der Waals surface area contributed by atoms with Crippen molar-refractivity contribution < 1.29 is 32.3 Å². The maximum absolute atomic E-state index is 13.2. The summed E-state index contributed by atoms with van der Waals surface area (Å²) in [5.41, 5.74) is 3.00. The molecule has 10 nitrogen and oxygen atoms in total. The number of ether oxygens (including phenoxy) is 2. The highest BCUT2D eigenvalue weighted by atomic mass is 32.2. The van der Waals surface area contributed by atoms with Crippen molar-refractivity contribution in [2.24, 2.45) is 0 Å². The standard InChI is InChI=1S/C22H25N3O7S/c26-20(25-27)22(10-14-30-15-11-22)33(28,29)17-8-6-16(7-9-17)31-13-3-12-23-21-24-18-4-1-2-5-19(18)32-21/h1-2,4-9,27H,3,10-15H2,(H,23,24)(H,25,26). The number of anilines is 1. The number of aromatic nitrogens is 1. The number of nitrogens with one attached hydrogen (secondary N) is 2. The molecule has 2 heterocycles. The Labute approximate surface area is 190 Å². The molecule has 1 aromatic heterocycles. The molecule has 1 aliphatic heterocycles. The van der Waals surface area contributed by atoms with Gasteiger partial charge >= 0.3 is 0 Å². The highest BCUT2D eigenvalue weighted by Crippen LogP contribution is 2.35. The molecule has 1 saturated heterocycles. The van der Waals surface area contributed by atoms with Crippen LogP contribution < -0.4 is 15.5 Å². The molecule has 0 saturated carbocycles. The minimum atomic E-state index is -4.06. The maximum Gasteiger partial charge on any atom is 0.295 e. The Morgan fingerprint density at radius 3 is 2.55 bits per heavy atom. The van der Waals surface area contributed by atoms with Gasteiger partial charge in [0.1, 0.15) is 11.3 Å². The van der Waals surface area contributed by atoms with Crippen LogP contribution in [0.15, 0.2) is 57.8 Å². The first kappa shape index (κ1) is 23.0. The van der Waals surface area contributed by atoms with E-state index >= 15 is 0 Å². The van der Waals surface area contributed by atoms with Crippen molar-refractivity contribution in [2.45, 2.75) is 28.9 Å². The van der Waals surface area contributed by atoms with Crippen molar-refractivity contribution in [1.82, 2.24) is 10.5 Å². The average molecular weight is 476 g/mol. The van der Waals surface area contributed by atoms with E-state index in [1.807, 2.05) is 24.3 Å². The zero-order valence-electron chi connectivity index (χ0n) is 17.8. The lowest BCUT2D eigenvalue weighted by molar-refractivity contribution is -0.134. The Hall–Kier alpha value is -3.15. The van der Waals surface area contributed by atoms with Crippen molar-refractivity contribution in [3.05, 3.63) is 48.5 Å². The fourth-order valence-electron chi connectivity index (χ4n) is 3.77. The van der Waals surface area contributed by atoms with Gasteiger partial charge in [0, 0.05) is 19.8 Å². The quantitative estimate of drug-likeness (QED) is 0.242. The van der Waals surface area contributed by atoms with Crippen molar-refractivity contribution in [3.8, 4) is 5.75 Å². The normalized spacial score (nSPS) is 15.8. The monoisotopic (exact) mass is 475 g/mol. The number of para-hydroxylation sites is 2. The summed E-state index contributed by atoms with van der Waals surface area (Å²) in [5, 5.41) is 12.2. The Bertz CT molecular complexity index is 1170. The topological polar surface area (TPSA) is 140 Å². The third-order valence-corrected chi connectivity index (χ3v) is 8.14. The number of hydroxylamine groups is 1. The first-order chi connectivity index (χ1) is 16.0. The molecule has 0 bridgehead atoms. The van der Waals surface area contributed by atoms with Crippen LogP contribution in [-0.2, 0) is 19.4 Å². The second kappa shape index (κ2) is 9.77. The molecule has 0 atom stereocenters. The number of sulfone groups is 1. The molecule has 176 valence electrons. The van der Waals surface area contributed by atoms with E-state index in [9.17, 15) is 13.2 Å². The number of carbonyl (C=O) groups is 1. The fraction of sp³-hybridized carbons (Fsp3) is 0.364. The van der Waals surface area contributed by atoms with Gasteiger partial charge in [-0.05, 0) is 55.7 Å². The van der Waals surface area contributed by atoms with Crippen molar-refractivity contribution in [3.63, 3.8) is 0 Å². The lowest BCUT2D eigenvalue weighted by Gasteiger charge is -2.34. The van der Waals surface area contributed by atoms with Gasteiger partial charge in [0.2, 0.25) is 0 Å². The Kier molecular flexibility index (Phi) is 6.82. The minimum Gasteiger partial charge on any atom is -0.494 e. The number of fused-ring (bicyclic) bond motifs is 1. The van der Waals surface area contributed by atoms with Crippen LogP contribution in [-0.4, -0.2) is 55.6 Å². The SMILES string of the molecule is O=C(NO)C1(S(=O)(=O)c2ccc(OCCCNc3nc4ccccc4o3)cc2)CCOCC1. The van der Waals surface area contributed by atoms with Gasteiger partial charge in [0.15, 0.2) is 20.2 Å². The van der Waals surface area contributed by atoms with E-state index in [1.165, 1.54) is 17.6 Å². The second-order valence-electron chi connectivity index (χ2n) is 7.64. The molecule has 2 aromatic carbocycles. The molecule has 0 radical (unpaired) electrons. The van der Waals surface area contributed by atoms with Crippen LogP contribution in [0.5, 0.6) is 5.75 Å². The summed E-state index contributed by atoms with van der Waals surface area (Å²) < 4.78 is 41.2. The number of nitrogens with zero attached hydrogens (tertiary/aromatic N) is 1. The number of hydrogen-bond acceptors (Lipinski definition) is 9. The van der Waals surface area contributed by atoms with E-state index in [0.29, 0.717) is 36.9 Å². The molecular formula is C22H25N3O7S. The molecule has 0 aliphatic carbocycles. The number of hydrogen-bond donors (Lipinski definition) is 3. The van der Waals surface area contributed by atoms with E-state index in [1.54, 1.807) is 12.1 Å². The Balaban J connectivity index is 1.32. The average Bonchev–Trinajstić information content (AvgIpc) is 3.27. The molecule has 1 aliphatic rings. The van der Waals surface area contributed by atoms with Crippen LogP contribution in [0.25, 0.3) is 11.1 Å². The lowest BCUT2D eigenvalue weighted by Crippen LogP contribution is -2.54. The molecule has 33 heavy (non-hydrogen) atoms. The first-order valence-electron chi connectivity index (χ1n) is 10.6. The highest BCUT2D eigenvalue weighted by Gasteiger charge is 2.52. The van der Waals surface area contributed by atoms with E-state index in [-0.39, 0.29) is 31.0 Å². The number of oxazole rings is 1. The summed E-state index contributed by atoms with van der Waals surface area (Å²) in [7, 11) is -4.06. The van der Waals surface area contributed by atoms with Crippen molar-refractivity contribution >= 4 is 32.9 Å². The van der Waals surface area contributed by atoms with Crippen LogP contribution >= 0.6 is 0 Å². The zero-order valence-corrected chi connectivity index (χ0v) is 18.6. The fourth-order valence-corrected chi connectivity index (χ4v) is 5.71. The van der Waals surface area contributed by atoms with E-state index in [4.69, 9.17) is 19.1 Å². The molecule has 1 amide bonds. The van der Waals surface area contributed by atoms with Gasteiger partial charge in [-0.15, -0.1) is 0 Å². The van der Waals surface area contributed by atoms with Gasteiger partial charge in [0.05, 0.1) is 11.5 Å². The predicted octanol–water partition coefficient (Wildman–Crippen LogP) is 2.54. The van der Waals surface area contributed by atoms with Gasteiger partial charge in [-0.1, -0.05) is 12.1 Å². The third-order valence-electron chi connectivity index (χ3n) is 5.62. The predicted molar refractivity (Wildman–Crippen MR) is 119 cm³/mol. The van der Waals surface area contributed by atoms with Gasteiger partial charge in [-0.25, -0.2) is 13.9 Å².